The van der Waals surface area contributed by atoms with Crippen molar-refractivity contribution in [3.05, 3.63) is 61.6 Å². The van der Waals surface area contributed by atoms with Crippen LogP contribution < -0.4 is 5.32 Å². The van der Waals surface area contributed by atoms with Gasteiger partial charge in [0.25, 0.3) is 5.91 Å². The highest BCUT2D eigenvalue weighted by atomic mass is 79.9. The molecule has 0 saturated carbocycles. The number of hydrogen-bond donors (Lipinski definition) is 2. The van der Waals surface area contributed by atoms with Gasteiger partial charge in [0.2, 0.25) is 0 Å². The Morgan fingerprint density at radius 3 is 2.33 bits per heavy atom. The fourth-order valence-electron chi connectivity index (χ4n) is 2.04. The van der Waals surface area contributed by atoms with Crippen LogP contribution in [0, 0.1) is 0 Å². The lowest BCUT2D eigenvalue weighted by atomic mass is 10.2. The largest absolute Gasteiger partial charge is 0.351 e. The van der Waals surface area contributed by atoms with E-state index in [0.29, 0.717) is 11.4 Å². The van der Waals surface area contributed by atoms with Gasteiger partial charge in [-0.2, -0.15) is 0 Å². The van der Waals surface area contributed by atoms with Crippen LogP contribution in [-0.2, 0) is 0 Å². The Balaban J connectivity index is 1.93. The summed E-state index contributed by atoms with van der Waals surface area (Å²) in [6.45, 7) is 0. The van der Waals surface area contributed by atoms with Gasteiger partial charge in [-0.15, -0.1) is 0 Å². The maximum absolute atomic E-state index is 12.4. The summed E-state index contributed by atoms with van der Waals surface area (Å²) in [5.74, 6) is -0.185. The first-order valence-electron chi connectivity index (χ1n) is 6.08. The van der Waals surface area contributed by atoms with Crippen molar-refractivity contribution in [2.24, 2.45) is 0 Å². The number of fused-ring (bicyclic) bond motifs is 1. The summed E-state index contributed by atoms with van der Waals surface area (Å²) in [6, 6.07) is 13.4. The third-order valence-corrected chi connectivity index (χ3v) is 4.73. The second-order valence-electron chi connectivity index (χ2n) is 4.47. The average Bonchev–Trinajstić information content (AvgIpc) is 2.86. The molecule has 0 unspecified atom stereocenters. The molecule has 2 aromatic carbocycles. The summed E-state index contributed by atoms with van der Waals surface area (Å²) in [7, 11) is 0. The SMILES string of the molecule is O=C(Nc1c(Br)cc(Br)cc1Br)c1cc2ccccc2[nH]1. The minimum atomic E-state index is -0.185. The second-order valence-corrected chi connectivity index (χ2v) is 7.09. The van der Waals surface area contributed by atoms with Crippen LogP contribution in [0.1, 0.15) is 10.5 Å². The Morgan fingerprint density at radius 2 is 1.67 bits per heavy atom. The number of benzene rings is 2. The van der Waals surface area contributed by atoms with E-state index < -0.39 is 0 Å². The maximum atomic E-state index is 12.4. The number of halogens is 3. The van der Waals surface area contributed by atoms with Crippen LogP contribution in [0.15, 0.2) is 55.9 Å². The Bertz CT molecular complexity index is 786. The first kappa shape index (κ1) is 14.8. The van der Waals surface area contributed by atoms with Crippen molar-refractivity contribution >= 4 is 70.3 Å². The van der Waals surface area contributed by atoms with E-state index in [1.165, 1.54) is 0 Å². The number of hydrogen-bond acceptors (Lipinski definition) is 1. The molecule has 0 bridgehead atoms. The number of aromatic nitrogens is 1. The molecule has 0 radical (unpaired) electrons. The molecule has 3 aromatic rings. The van der Waals surface area contributed by atoms with Crippen molar-refractivity contribution in [3.8, 4) is 0 Å². The first-order chi connectivity index (χ1) is 10.0. The Morgan fingerprint density at radius 1 is 1.00 bits per heavy atom. The summed E-state index contributed by atoms with van der Waals surface area (Å²) in [4.78, 5) is 15.5. The zero-order chi connectivity index (χ0) is 15.0. The summed E-state index contributed by atoms with van der Waals surface area (Å²) < 4.78 is 2.52. The molecule has 0 aliphatic rings. The average molecular weight is 473 g/mol. The van der Waals surface area contributed by atoms with Crippen molar-refractivity contribution < 1.29 is 4.79 Å². The molecule has 106 valence electrons. The first-order valence-corrected chi connectivity index (χ1v) is 8.46. The molecule has 3 rings (SSSR count). The zero-order valence-corrected chi connectivity index (χ0v) is 15.3. The van der Waals surface area contributed by atoms with E-state index in [1.807, 2.05) is 42.5 Å². The van der Waals surface area contributed by atoms with Crippen LogP contribution in [0.5, 0.6) is 0 Å². The molecule has 1 amide bonds. The maximum Gasteiger partial charge on any atom is 0.272 e. The fraction of sp³-hybridized carbons (Fsp3) is 0. The highest BCUT2D eigenvalue weighted by Crippen LogP contribution is 2.34. The van der Waals surface area contributed by atoms with Gasteiger partial charge >= 0.3 is 0 Å². The molecule has 3 nitrogen and oxygen atoms in total. The van der Waals surface area contributed by atoms with Gasteiger partial charge in [0, 0.05) is 24.3 Å². The Kier molecular flexibility index (Phi) is 4.19. The van der Waals surface area contributed by atoms with E-state index in [2.05, 4.69) is 58.1 Å². The highest BCUT2D eigenvalue weighted by Gasteiger charge is 2.14. The van der Waals surface area contributed by atoms with Gasteiger partial charge in [0.15, 0.2) is 0 Å². The van der Waals surface area contributed by atoms with Gasteiger partial charge in [0.1, 0.15) is 5.69 Å². The van der Waals surface area contributed by atoms with Crippen LogP contribution in [-0.4, -0.2) is 10.9 Å². The van der Waals surface area contributed by atoms with E-state index in [0.717, 1.165) is 24.3 Å². The van der Waals surface area contributed by atoms with Crippen LogP contribution >= 0.6 is 47.8 Å². The molecule has 2 N–H and O–H groups in total. The van der Waals surface area contributed by atoms with E-state index >= 15 is 0 Å². The van der Waals surface area contributed by atoms with Gasteiger partial charge in [-0.1, -0.05) is 34.1 Å². The summed E-state index contributed by atoms with van der Waals surface area (Å²) in [5.41, 5.74) is 2.16. The lowest BCUT2D eigenvalue weighted by Gasteiger charge is -2.09. The minimum absolute atomic E-state index is 0.185. The predicted octanol–water partition coefficient (Wildman–Crippen LogP) is 5.71. The molecule has 0 atom stereocenters. The molecule has 0 aliphatic heterocycles. The Labute approximate surface area is 146 Å². The molecule has 0 aliphatic carbocycles. The molecule has 21 heavy (non-hydrogen) atoms. The van der Waals surface area contributed by atoms with Crippen molar-refractivity contribution in [1.82, 2.24) is 4.98 Å². The smallest absolute Gasteiger partial charge is 0.272 e. The number of para-hydroxylation sites is 1. The van der Waals surface area contributed by atoms with E-state index in [-0.39, 0.29) is 5.91 Å². The van der Waals surface area contributed by atoms with Gasteiger partial charge < -0.3 is 10.3 Å². The lowest BCUT2D eigenvalue weighted by Crippen LogP contribution is -2.13. The van der Waals surface area contributed by atoms with Gasteiger partial charge in [-0.25, -0.2) is 0 Å². The van der Waals surface area contributed by atoms with Crippen molar-refractivity contribution in [2.75, 3.05) is 5.32 Å². The lowest BCUT2D eigenvalue weighted by molar-refractivity contribution is 0.102. The molecule has 0 saturated heterocycles. The molecule has 0 spiro atoms. The standard InChI is InChI=1S/C15H9Br3N2O/c16-9-6-10(17)14(11(18)7-9)20-15(21)13-5-8-3-1-2-4-12(8)19-13/h1-7,19H,(H,20,21). The van der Waals surface area contributed by atoms with Crippen molar-refractivity contribution in [1.29, 1.82) is 0 Å². The summed E-state index contributed by atoms with van der Waals surface area (Å²) >= 11 is 10.3. The summed E-state index contributed by atoms with van der Waals surface area (Å²) in [5, 5.41) is 3.91. The molecule has 1 aromatic heterocycles. The number of aromatic amines is 1. The highest BCUT2D eigenvalue weighted by molar-refractivity contribution is 9.11. The zero-order valence-electron chi connectivity index (χ0n) is 10.6. The van der Waals surface area contributed by atoms with Gasteiger partial charge in [0.05, 0.1) is 5.69 Å². The van der Waals surface area contributed by atoms with Crippen LogP contribution in [0.25, 0.3) is 10.9 Å². The molecule has 1 heterocycles. The molecular formula is C15H9Br3N2O. The number of rotatable bonds is 2. The predicted molar refractivity (Wildman–Crippen MR) is 95.8 cm³/mol. The second kappa shape index (κ2) is 5.94. The minimum Gasteiger partial charge on any atom is -0.351 e. The summed E-state index contributed by atoms with van der Waals surface area (Å²) in [6.07, 6.45) is 0. The number of H-pyrrole nitrogens is 1. The van der Waals surface area contributed by atoms with E-state index in [4.69, 9.17) is 0 Å². The van der Waals surface area contributed by atoms with Crippen LogP contribution in [0.3, 0.4) is 0 Å². The van der Waals surface area contributed by atoms with Gasteiger partial charge in [-0.05, 0) is 56.1 Å². The topological polar surface area (TPSA) is 44.9 Å². The fourth-order valence-corrected chi connectivity index (χ4v) is 4.50. The number of carbonyl (C=O) groups is 1. The third kappa shape index (κ3) is 3.07. The normalized spacial score (nSPS) is 10.8. The van der Waals surface area contributed by atoms with Gasteiger partial charge in [-0.3, -0.25) is 4.79 Å². The van der Waals surface area contributed by atoms with Crippen molar-refractivity contribution in [3.63, 3.8) is 0 Å². The quantitative estimate of drug-likeness (QED) is 0.493. The molecule has 0 fully saturated rings. The Hall–Kier alpha value is -1.11. The number of nitrogens with one attached hydrogen (secondary N) is 2. The van der Waals surface area contributed by atoms with E-state index in [1.54, 1.807) is 0 Å². The van der Waals surface area contributed by atoms with Crippen molar-refractivity contribution in [2.45, 2.75) is 0 Å². The molecule has 6 heteroatoms. The van der Waals surface area contributed by atoms with Crippen LogP contribution in [0.2, 0.25) is 0 Å². The monoisotopic (exact) mass is 470 g/mol. The number of amides is 1. The van der Waals surface area contributed by atoms with Crippen LogP contribution in [0.4, 0.5) is 5.69 Å². The third-order valence-electron chi connectivity index (χ3n) is 3.02. The molecular weight excluding hydrogens is 464 g/mol. The number of anilines is 1. The van der Waals surface area contributed by atoms with E-state index in [9.17, 15) is 4.79 Å². The number of carbonyl (C=O) groups excluding carboxylic acids is 1.